The molecule has 0 spiro atoms. The molecule has 4 heteroatoms. The Morgan fingerprint density at radius 1 is 1.42 bits per heavy atom. The first-order valence-corrected chi connectivity index (χ1v) is 8.52. The third-order valence-corrected chi connectivity index (χ3v) is 4.69. The number of hydrogen-bond acceptors (Lipinski definition) is 2. The molecule has 0 amide bonds. The van der Waals surface area contributed by atoms with Crippen molar-refractivity contribution in [1.82, 2.24) is 9.55 Å². The minimum atomic E-state index is 0.625. The molecule has 104 valence electrons. The van der Waals surface area contributed by atoms with Crippen molar-refractivity contribution in [2.45, 2.75) is 38.5 Å². The van der Waals surface area contributed by atoms with E-state index in [4.69, 9.17) is 16.6 Å². The largest absolute Gasteiger partial charge is 0.328 e. The van der Waals surface area contributed by atoms with Crippen molar-refractivity contribution < 1.29 is 0 Å². The lowest BCUT2D eigenvalue weighted by Gasteiger charge is -2.12. The van der Waals surface area contributed by atoms with Crippen LogP contribution in [0.15, 0.2) is 18.2 Å². The van der Waals surface area contributed by atoms with E-state index in [-0.39, 0.29) is 0 Å². The van der Waals surface area contributed by atoms with Crippen molar-refractivity contribution in [1.29, 1.82) is 0 Å². The molecule has 19 heavy (non-hydrogen) atoms. The molecule has 2 rings (SSSR count). The number of fused-ring (bicyclic) bond motifs is 1. The molecule has 0 bridgehead atoms. The lowest BCUT2D eigenvalue weighted by molar-refractivity contribution is 0.628. The van der Waals surface area contributed by atoms with Crippen LogP contribution in [0.3, 0.4) is 0 Å². The van der Waals surface area contributed by atoms with Gasteiger partial charge in [-0.05, 0) is 37.3 Å². The van der Waals surface area contributed by atoms with Gasteiger partial charge in [-0.25, -0.2) is 4.98 Å². The first-order chi connectivity index (χ1) is 9.15. The Morgan fingerprint density at radius 2 is 2.21 bits per heavy atom. The lowest BCUT2D eigenvalue weighted by atomic mass is 10.2. The number of thioether (sulfide) groups is 1. The van der Waals surface area contributed by atoms with Gasteiger partial charge in [-0.1, -0.05) is 13.0 Å². The first-order valence-electron chi connectivity index (χ1n) is 6.70. The van der Waals surface area contributed by atoms with Crippen molar-refractivity contribution in [2.24, 2.45) is 0 Å². The van der Waals surface area contributed by atoms with E-state index in [1.54, 1.807) is 0 Å². The number of benzene rings is 1. The van der Waals surface area contributed by atoms with Crippen molar-refractivity contribution >= 4 is 34.4 Å². The van der Waals surface area contributed by atoms with Crippen LogP contribution in [-0.4, -0.2) is 26.9 Å². The number of halogens is 1. The zero-order chi connectivity index (χ0) is 13.8. The van der Waals surface area contributed by atoms with Gasteiger partial charge in [0.15, 0.2) is 0 Å². The highest BCUT2D eigenvalue weighted by molar-refractivity contribution is 7.99. The highest BCUT2D eigenvalue weighted by Crippen LogP contribution is 2.20. The normalized spacial score (nSPS) is 13.1. The Bertz CT molecular complexity index is 550. The second-order valence-electron chi connectivity index (χ2n) is 4.95. The van der Waals surface area contributed by atoms with Crippen molar-refractivity contribution in [3.8, 4) is 0 Å². The van der Waals surface area contributed by atoms with Gasteiger partial charge in [-0.15, -0.1) is 11.6 Å². The van der Waals surface area contributed by atoms with Gasteiger partial charge in [0.2, 0.25) is 0 Å². The fraction of sp³-hybridized carbons (Fsp3) is 0.533. The van der Waals surface area contributed by atoms with E-state index in [2.05, 4.69) is 42.9 Å². The third-order valence-electron chi connectivity index (χ3n) is 3.46. The average Bonchev–Trinajstić information content (AvgIpc) is 2.73. The molecular weight excluding hydrogens is 276 g/mol. The fourth-order valence-electron chi connectivity index (χ4n) is 2.24. The Balaban J connectivity index is 2.34. The van der Waals surface area contributed by atoms with Crippen LogP contribution in [0, 0.1) is 6.92 Å². The second-order valence-corrected chi connectivity index (χ2v) is 6.60. The second kappa shape index (κ2) is 6.67. The van der Waals surface area contributed by atoms with E-state index in [0.717, 1.165) is 30.7 Å². The van der Waals surface area contributed by atoms with E-state index >= 15 is 0 Å². The average molecular weight is 297 g/mol. The van der Waals surface area contributed by atoms with E-state index in [1.807, 2.05) is 11.8 Å². The molecule has 1 aromatic heterocycles. The Hall–Kier alpha value is -0.670. The fourth-order valence-corrected chi connectivity index (χ4v) is 2.75. The molecule has 0 fully saturated rings. The van der Waals surface area contributed by atoms with Gasteiger partial charge in [-0.2, -0.15) is 11.8 Å². The number of hydrogen-bond donors (Lipinski definition) is 0. The molecule has 1 unspecified atom stereocenters. The smallest absolute Gasteiger partial charge is 0.111 e. The molecular formula is C15H21ClN2S. The molecule has 2 aromatic rings. The van der Waals surface area contributed by atoms with E-state index in [0.29, 0.717) is 11.1 Å². The summed E-state index contributed by atoms with van der Waals surface area (Å²) in [5.74, 6) is 1.74. The quantitative estimate of drug-likeness (QED) is 0.741. The molecule has 2 nitrogen and oxygen atoms in total. The van der Waals surface area contributed by atoms with Crippen molar-refractivity contribution in [3.05, 3.63) is 29.6 Å². The standard InChI is InChI=1S/C15H21ClN2S/c1-11-4-5-14-13(10-11)17-15(6-8-16)18(14)9-7-12(2)19-3/h4-5,10,12H,6-9H2,1-3H3. The molecule has 0 aliphatic carbocycles. The topological polar surface area (TPSA) is 17.8 Å². The molecule has 1 atom stereocenters. The maximum atomic E-state index is 5.90. The summed E-state index contributed by atoms with van der Waals surface area (Å²) >= 11 is 7.81. The SMILES string of the molecule is CSC(C)CCn1c(CCCl)nc2cc(C)ccc21. The zero-order valence-electron chi connectivity index (χ0n) is 11.8. The van der Waals surface area contributed by atoms with Crippen LogP contribution in [0.25, 0.3) is 11.0 Å². The molecule has 0 N–H and O–H groups in total. The summed E-state index contributed by atoms with van der Waals surface area (Å²) < 4.78 is 2.34. The maximum absolute atomic E-state index is 5.90. The first kappa shape index (κ1) is 14.7. The predicted molar refractivity (Wildman–Crippen MR) is 86.5 cm³/mol. The molecule has 1 aromatic carbocycles. The summed E-state index contributed by atoms with van der Waals surface area (Å²) in [6.45, 7) is 5.40. The predicted octanol–water partition coefficient (Wildman–Crippen LogP) is 4.27. The highest BCUT2D eigenvalue weighted by Gasteiger charge is 2.11. The highest BCUT2D eigenvalue weighted by atomic mass is 35.5. The van der Waals surface area contributed by atoms with Crippen molar-refractivity contribution in [3.63, 3.8) is 0 Å². The molecule has 0 aliphatic heterocycles. The monoisotopic (exact) mass is 296 g/mol. The van der Waals surface area contributed by atoms with Crippen LogP contribution in [0.4, 0.5) is 0 Å². The van der Waals surface area contributed by atoms with Crippen LogP contribution in [-0.2, 0) is 13.0 Å². The van der Waals surface area contributed by atoms with Gasteiger partial charge >= 0.3 is 0 Å². The zero-order valence-corrected chi connectivity index (χ0v) is 13.4. The molecule has 0 saturated carbocycles. The van der Waals surface area contributed by atoms with Gasteiger partial charge in [0.05, 0.1) is 11.0 Å². The number of rotatable bonds is 6. The Kier molecular flexibility index (Phi) is 5.17. The minimum Gasteiger partial charge on any atom is -0.328 e. The number of aromatic nitrogens is 2. The summed E-state index contributed by atoms with van der Waals surface area (Å²) in [6, 6.07) is 6.49. The summed E-state index contributed by atoms with van der Waals surface area (Å²) in [4.78, 5) is 4.74. The maximum Gasteiger partial charge on any atom is 0.111 e. The molecule has 0 radical (unpaired) electrons. The number of alkyl halides is 1. The lowest BCUT2D eigenvalue weighted by Crippen LogP contribution is -2.08. The summed E-state index contributed by atoms with van der Waals surface area (Å²) in [5, 5.41) is 0.673. The molecule has 0 saturated heterocycles. The van der Waals surface area contributed by atoms with Gasteiger partial charge in [0.25, 0.3) is 0 Å². The van der Waals surface area contributed by atoms with Crippen LogP contribution in [0.1, 0.15) is 24.7 Å². The van der Waals surface area contributed by atoms with Crippen molar-refractivity contribution in [2.75, 3.05) is 12.1 Å². The van der Waals surface area contributed by atoms with E-state index in [1.165, 1.54) is 11.1 Å². The Labute approximate surface area is 124 Å². The number of nitrogens with zero attached hydrogens (tertiary/aromatic N) is 2. The molecule has 1 heterocycles. The molecule has 0 aliphatic rings. The number of aryl methyl sites for hydroxylation is 3. The van der Waals surface area contributed by atoms with Crippen LogP contribution in [0.5, 0.6) is 0 Å². The van der Waals surface area contributed by atoms with E-state index < -0.39 is 0 Å². The van der Waals surface area contributed by atoms with Crippen LogP contribution >= 0.6 is 23.4 Å². The van der Waals surface area contributed by atoms with Crippen LogP contribution in [0.2, 0.25) is 0 Å². The van der Waals surface area contributed by atoms with Gasteiger partial charge in [0.1, 0.15) is 5.82 Å². The summed E-state index contributed by atoms with van der Waals surface area (Å²) in [6.07, 6.45) is 4.17. The minimum absolute atomic E-state index is 0.625. The summed E-state index contributed by atoms with van der Waals surface area (Å²) in [5.41, 5.74) is 3.59. The Morgan fingerprint density at radius 3 is 2.89 bits per heavy atom. The van der Waals surface area contributed by atoms with Crippen LogP contribution < -0.4 is 0 Å². The van der Waals surface area contributed by atoms with Gasteiger partial charge < -0.3 is 4.57 Å². The number of imidazole rings is 1. The van der Waals surface area contributed by atoms with E-state index in [9.17, 15) is 0 Å². The summed E-state index contributed by atoms with van der Waals surface area (Å²) in [7, 11) is 0. The van der Waals surface area contributed by atoms with Gasteiger partial charge in [0, 0.05) is 24.1 Å². The van der Waals surface area contributed by atoms with Gasteiger partial charge in [-0.3, -0.25) is 0 Å². The third kappa shape index (κ3) is 3.46.